The van der Waals surface area contributed by atoms with Gasteiger partial charge in [0.15, 0.2) is 11.5 Å². The van der Waals surface area contributed by atoms with Gasteiger partial charge in [-0.25, -0.2) is 0 Å². The Bertz CT molecular complexity index is 1070. The van der Waals surface area contributed by atoms with Crippen LogP contribution in [0, 0.1) is 0 Å². The predicted octanol–water partition coefficient (Wildman–Crippen LogP) is 5.38. The van der Waals surface area contributed by atoms with E-state index in [0.29, 0.717) is 17.3 Å². The third-order valence-electron chi connectivity index (χ3n) is 6.50. The van der Waals surface area contributed by atoms with E-state index < -0.39 is 0 Å². The molecular formula is C27H34ClN3O3. The van der Waals surface area contributed by atoms with Crippen LogP contribution in [0.5, 0.6) is 5.75 Å². The summed E-state index contributed by atoms with van der Waals surface area (Å²) in [5.41, 5.74) is 3.08. The topological polar surface area (TPSA) is 58.0 Å². The van der Waals surface area contributed by atoms with E-state index in [1.54, 1.807) is 13.2 Å². The highest BCUT2D eigenvalue weighted by Gasteiger charge is 2.21. The minimum Gasteiger partial charge on any atom is -0.493 e. The van der Waals surface area contributed by atoms with Gasteiger partial charge in [0.2, 0.25) is 0 Å². The lowest BCUT2D eigenvalue weighted by Gasteiger charge is -2.37. The van der Waals surface area contributed by atoms with Crippen molar-refractivity contribution in [2.45, 2.75) is 32.6 Å². The lowest BCUT2D eigenvalue weighted by molar-refractivity contribution is 0.0927. The second-order valence-electron chi connectivity index (χ2n) is 8.78. The Labute approximate surface area is 206 Å². The molecule has 0 unspecified atom stereocenters. The number of aryl methyl sites for hydroxylation is 1. The highest BCUT2D eigenvalue weighted by Crippen LogP contribution is 2.37. The predicted molar refractivity (Wildman–Crippen MR) is 138 cm³/mol. The number of para-hydroxylation sites is 1. The number of anilines is 1. The molecule has 0 saturated carbocycles. The zero-order valence-electron chi connectivity index (χ0n) is 20.1. The van der Waals surface area contributed by atoms with Crippen LogP contribution in [0.3, 0.4) is 0 Å². The maximum absolute atomic E-state index is 12.3. The van der Waals surface area contributed by atoms with E-state index in [9.17, 15) is 4.79 Å². The number of carbonyl (C=O) groups is 1. The van der Waals surface area contributed by atoms with Crippen molar-refractivity contribution in [2.24, 2.45) is 0 Å². The molecule has 2 aromatic carbocycles. The molecule has 0 aliphatic carbocycles. The molecular weight excluding hydrogens is 450 g/mol. The number of rotatable bonds is 10. The van der Waals surface area contributed by atoms with Crippen molar-refractivity contribution in [1.29, 1.82) is 0 Å². The number of carbonyl (C=O) groups excluding carboxylic acids is 1. The SMILES string of the molecule is CCc1cc(Cl)c(OC)c(N2CCN(CCCCCNC(=O)c3cc4ccccc4o3)CC2)c1. The van der Waals surface area contributed by atoms with E-state index in [4.69, 9.17) is 20.8 Å². The molecule has 1 saturated heterocycles. The van der Waals surface area contributed by atoms with Gasteiger partial charge in [-0.15, -0.1) is 0 Å². The molecule has 0 radical (unpaired) electrons. The number of furan rings is 1. The van der Waals surface area contributed by atoms with Crippen molar-refractivity contribution in [3.8, 4) is 5.75 Å². The first kappa shape index (κ1) is 24.4. The van der Waals surface area contributed by atoms with Gasteiger partial charge in [0, 0.05) is 38.1 Å². The largest absolute Gasteiger partial charge is 0.493 e. The fourth-order valence-corrected chi connectivity index (χ4v) is 4.82. The normalized spacial score (nSPS) is 14.5. The van der Waals surface area contributed by atoms with Gasteiger partial charge in [0.05, 0.1) is 17.8 Å². The zero-order chi connectivity index (χ0) is 23.9. The summed E-state index contributed by atoms with van der Waals surface area (Å²) in [6.45, 7) is 7.88. The van der Waals surface area contributed by atoms with Crippen molar-refractivity contribution in [3.63, 3.8) is 0 Å². The number of benzene rings is 2. The molecule has 2 heterocycles. The highest BCUT2D eigenvalue weighted by atomic mass is 35.5. The van der Waals surface area contributed by atoms with Crippen LogP contribution < -0.4 is 15.0 Å². The fraction of sp³-hybridized carbons (Fsp3) is 0.444. The molecule has 1 aliphatic heterocycles. The van der Waals surface area contributed by atoms with Crippen LogP contribution in [-0.2, 0) is 6.42 Å². The standard InChI is InChI=1S/C27H34ClN3O3/c1-3-20-17-22(28)26(33-2)23(18-20)31-15-13-30(14-16-31)12-8-4-7-11-29-27(32)25-19-21-9-5-6-10-24(21)34-25/h5-6,9-10,17-19H,3-4,7-8,11-16H2,1-2H3,(H,29,32). The van der Waals surface area contributed by atoms with Crippen LogP contribution in [0.4, 0.5) is 5.69 Å². The molecule has 7 heteroatoms. The summed E-state index contributed by atoms with van der Waals surface area (Å²) in [6.07, 6.45) is 4.13. The first-order valence-electron chi connectivity index (χ1n) is 12.2. The van der Waals surface area contributed by atoms with Crippen LogP contribution in [0.1, 0.15) is 42.3 Å². The smallest absolute Gasteiger partial charge is 0.287 e. The lowest BCUT2D eigenvalue weighted by Crippen LogP contribution is -2.46. The van der Waals surface area contributed by atoms with Crippen molar-refractivity contribution in [2.75, 3.05) is 51.3 Å². The molecule has 1 N–H and O–H groups in total. The maximum atomic E-state index is 12.3. The van der Waals surface area contributed by atoms with E-state index in [2.05, 4.69) is 28.1 Å². The first-order chi connectivity index (χ1) is 16.6. The lowest BCUT2D eigenvalue weighted by atomic mass is 10.1. The van der Waals surface area contributed by atoms with E-state index in [1.165, 1.54) is 5.56 Å². The summed E-state index contributed by atoms with van der Waals surface area (Å²) in [5, 5.41) is 4.61. The van der Waals surface area contributed by atoms with Crippen molar-refractivity contribution in [3.05, 3.63) is 58.8 Å². The number of halogens is 1. The average Bonchev–Trinajstić information content (AvgIpc) is 3.30. The van der Waals surface area contributed by atoms with Gasteiger partial charge in [-0.3, -0.25) is 9.69 Å². The summed E-state index contributed by atoms with van der Waals surface area (Å²) < 4.78 is 11.2. The Morgan fingerprint density at radius 3 is 2.62 bits per heavy atom. The van der Waals surface area contributed by atoms with Gasteiger partial charge in [-0.2, -0.15) is 0 Å². The molecule has 1 amide bonds. The van der Waals surface area contributed by atoms with E-state index >= 15 is 0 Å². The molecule has 182 valence electrons. The first-order valence-corrected chi connectivity index (χ1v) is 12.6. The quantitative estimate of drug-likeness (QED) is 0.392. The molecule has 1 aliphatic rings. The Balaban J connectivity index is 1.15. The van der Waals surface area contributed by atoms with E-state index in [1.807, 2.05) is 30.3 Å². The minimum absolute atomic E-state index is 0.144. The fourth-order valence-electron chi connectivity index (χ4n) is 4.51. The molecule has 6 nitrogen and oxygen atoms in total. The number of hydrogen-bond donors (Lipinski definition) is 1. The highest BCUT2D eigenvalue weighted by molar-refractivity contribution is 6.32. The van der Waals surface area contributed by atoms with Gasteiger partial charge in [0.1, 0.15) is 5.58 Å². The molecule has 4 rings (SSSR count). The van der Waals surface area contributed by atoms with Crippen LogP contribution in [0.2, 0.25) is 5.02 Å². The molecule has 34 heavy (non-hydrogen) atoms. The zero-order valence-corrected chi connectivity index (χ0v) is 20.9. The number of amides is 1. The van der Waals surface area contributed by atoms with Crippen molar-refractivity contribution < 1.29 is 13.9 Å². The molecule has 0 spiro atoms. The number of methoxy groups -OCH3 is 1. The summed E-state index contributed by atoms with van der Waals surface area (Å²) >= 11 is 6.45. The van der Waals surface area contributed by atoms with Crippen LogP contribution >= 0.6 is 11.6 Å². The minimum atomic E-state index is -0.144. The maximum Gasteiger partial charge on any atom is 0.287 e. The summed E-state index contributed by atoms with van der Waals surface area (Å²) in [5.74, 6) is 1.01. The number of nitrogens with zero attached hydrogens (tertiary/aromatic N) is 2. The number of piperazine rings is 1. The molecule has 0 bridgehead atoms. The second-order valence-corrected chi connectivity index (χ2v) is 9.18. The van der Waals surface area contributed by atoms with Crippen LogP contribution in [0.25, 0.3) is 11.0 Å². The van der Waals surface area contributed by atoms with Gasteiger partial charge >= 0.3 is 0 Å². The van der Waals surface area contributed by atoms with Crippen molar-refractivity contribution >= 4 is 34.2 Å². The Hall–Kier alpha value is -2.70. The van der Waals surface area contributed by atoms with Crippen molar-refractivity contribution in [1.82, 2.24) is 10.2 Å². The number of fused-ring (bicyclic) bond motifs is 1. The number of nitrogens with one attached hydrogen (secondary N) is 1. The number of ether oxygens (including phenoxy) is 1. The monoisotopic (exact) mass is 483 g/mol. The van der Waals surface area contributed by atoms with Gasteiger partial charge in [-0.1, -0.05) is 43.1 Å². The summed E-state index contributed by atoms with van der Waals surface area (Å²) in [6, 6.07) is 13.7. The average molecular weight is 484 g/mol. The molecule has 0 atom stereocenters. The Morgan fingerprint density at radius 2 is 1.88 bits per heavy atom. The van der Waals surface area contributed by atoms with E-state index in [0.717, 1.165) is 80.8 Å². The summed E-state index contributed by atoms with van der Waals surface area (Å²) in [7, 11) is 1.69. The van der Waals surface area contributed by atoms with Gasteiger partial charge < -0.3 is 19.4 Å². The molecule has 1 aromatic heterocycles. The number of unbranched alkanes of at least 4 members (excludes halogenated alkanes) is 2. The Kier molecular flexibility index (Phi) is 8.35. The third-order valence-corrected chi connectivity index (χ3v) is 6.78. The summed E-state index contributed by atoms with van der Waals surface area (Å²) in [4.78, 5) is 17.2. The number of hydrogen-bond acceptors (Lipinski definition) is 5. The third kappa shape index (κ3) is 5.86. The Morgan fingerprint density at radius 1 is 1.09 bits per heavy atom. The van der Waals surface area contributed by atoms with Crippen LogP contribution in [-0.4, -0.2) is 57.2 Å². The molecule has 1 fully saturated rings. The van der Waals surface area contributed by atoms with E-state index in [-0.39, 0.29) is 5.91 Å². The van der Waals surface area contributed by atoms with Gasteiger partial charge in [-0.05, 0) is 55.6 Å². The van der Waals surface area contributed by atoms with Gasteiger partial charge in [0.25, 0.3) is 5.91 Å². The molecule has 3 aromatic rings. The second kappa shape index (κ2) is 11.6. The van der Waals surface area contributed by atoms with Crippen LogP contribution in [0.15, 0.2) is 46.9 Å².